The van der Waals surface area contributed by atoms with Gasteiger partial charge in [-0.05, 0) is 30.7 Å². The number of aromatic hydroxyl groups is 1. The fourth-order valence-corrected chi connectivity index (χ4v) is 2.38. The predicted octanol–water partition coefficient (Wildman–Crippen LogP) is 5.26. The zero-order chi connectivity index (χ0) is 15.0. The van der Waals surface area contributed by atoms with Crippen LogP contribution in [0.3, 0.4) is 0 Å². The fourth-order valence-electron chi connectivity index (χ4n) is 2.21. The monoisotopic (exact) mass is 299 g/mol. The number of benzene rings is 2. The third-order valence-corrected chi connectivity index (χ3v) is 3.88. The zero-order valence-electron chi connectivity index (χ0n) is 11.7. The van der Waals surface area contributed by atoms with Crippen LogP contribution in [0.25, 0.3) is 10.9 Å². The van der Waals surface area contributed by atoms with Crippen molar-refractivity contribution >= 4 is 33.9 Å². The van der Waals surface area contributed by atoms with Crippen LogP contribution in [0.5, 0.6) is 5.88 Å². The number of rotatable bonds is 2. The summed E-state index contributed by atoms with van der Waals surface area (Å²) < 4.78 is 1.69. The second-order valence-corrected chi connectivity index (χ2v) is 5.29. The van der Waals surface area contributed by atoms with Crippen LogP contribution < -0.4 is 0 Å². The molecule has 1 N–H and O–H groups in total. The maximum Gasteiger partial charge on any atom is 0.220 e. The van der Waals surface area contributed by atoms with E-state index >= 15 is 0 Å². The first-order valence-electron chi connectivity index (χ1n) is 6.52. The maximum absolute atomic E-state index is 10.2. The second kappa shape index (κ2) is 5.22. The van der Waals surface area contributed by atoms with Gasteiger partial charge in [0.2, 0.25) is 5.88 Å². The van der Waals surface area contributed by atoms with Crippen LogP contribution in [0.4, 0.5) is 11.4 Å². The molecule has 0 aliphatic heterocycles. The molecule has 3 aromatic rings. The van der Waals surface area contributed by atoms with Gasteiger partial charge in [-0.15, -0.1) is 5.11 Å². The number of hydrogen-bond donors (Lipinski definition) is 1. The first-order valence-corrected chi connectivity index (χ1v) is 6.90. The molecule has 3 rings (SSSR count). The van der Waals surface area contributed by atoms with Gasteiger partial charge in [-0.1, -0.05) is 35.9 Å². The number of nitrogens with zero attached hydrogens (tertiary/aromatic N) is 3. The van der Waals surface area contributed by atoms with Crippen molar-refractivity contribution in [1.29, 1.82) is 0 Å². The van der Waals surface area contributed by atoms with Crippen LogP contribution in [0, 0.1) is 6.92 Å². The standard InChI is InChI=1S/C16H14ClN3O/c1-10-7-8-11(9-13(10)17)18-19-15-12-5-3-4-6-14(12)20(2)16(15)21/h3-9,21H,1-2H3. The molecule has 0 amide bonds. The van der Waals surface area contributed by atoms with Gasteiger partial charge >= 0.3 is 0 Å². The Morgan fingerprint density at radius 3 is 2.62 bits per heavy atom. The molecule has 0 aliphatic rings. The lowest BCUT2D eigenvalue weighted by molar-refractivity contribution is 0.436. The van der Waals surface area contributed by atoms with Gasteiger partial charge in [0.05, 0.1) is 11.2 Å². The zero-order valence-corrected chi connectivity index (χ0v) is 12.5. The van der Waals surface area contributed by atoms with E-state index in [2.05, 4.69) is 10.2 Å². The van der Waals surface area contributed by atoms with Crippen molar-refractivity contribution in [2.75, 3.05) is 0 Å². The number of fused-ring (bicyclic) bond motifs is 1. The number of hydrogen-bond acceptors (Lipinski definition) is 3. The van der Waals surface area contributed by atoms with Gasteiger partial charge < -0.3 is 9.67 Å². The summed E-state index contributed by atoms with van der Waals surface area (Å²) in [4.78, 5) is 0. The van der Waals surface area contributed by atoms with Crippen LogP contribution in [0.2, 0.25) is 5.02 Å². The topological polar surface area (TPSA) is 49.9 Å². The lowest BCUT2D eigenvalue weighted by atomic mass is 10.2. The fraction of sp³-hybridized carbons (Fsp3) is 0.125. The molecule has 0 saturated heterocycles. The SMILES string of the molecule is Cc1ccc(N=Nc2c(O)n(C)c3ccccc23)cc1Cl. The number of halogens is 1. The molecule has 21 heavy (non-hydrogen) atoms. The Bertz CT molecular complexity index is 852. The van der Waals surface area contributed by atoms with Crippen molar-refractivity contribution in [2.24, 2.45) is 17.3 Å². The molecule has 4 nitrogen and oxygen atoms in total. The number of aryl methyl sites for hydroxylation is 2. The Balaban J connectivity index is 2.07. The molecule has 0 unspecified atom stereocenters. The van der Waals surface area contributed by atoms with E-state index in [1.807, 2.05) is 43.3 Å². The number of azo groups is 1. The van der Waals surface area contributed by atoms with E-state index < -0.39 is 0 Å². The average molecular weight is 300 g/mol. The van der Waals surface area contributed by atoms with Crippen molar-refractivity contribution in [3.8, 4) is 5.88 Å². The number of para-hydroxylation sites is 1. The summed E-state index contributed by atoms with van der Waals surface area (Å²) in [5.74, 6) is 0.0955. The van der Waals surface area contributed by atoms with Gasteiger partial charge in [0.25, 0.3) is 0 Å². The van der Waals surface area contributed by atoms with Gasteiger partial charge in [0, 0.05) is 17.5 Å². The highest BCUT2D eigenvalue weighted by atomic mass is 35.5. The molecule has 2 aromatic carbocycles. The van der Waals surface area contributed by atoms with Gasteiger partial charge in [-0.25, -0.2) is 0 Å². The second-order valence-electron chi connectivity index (χ2n) is 4.88. The highest BCUT2D eigenvalue weighted by Crippen LogP contribution is 2.38. The van der Waals surface area contributed by atoms with Crippen molar-refractivity contribution in [1.82, 2.24) is 4.57 Å². The van der Waals surface area contributed by atoms with Crippen LogP contribution in [0.1, 0.15) is 5.56 Å². The van der Waals surface area contributed by atoms with Crippen molar-refractivity contribution in [3.63, 3.8) is 0 Å². The first-order chi connectivity index (χ1) is 10.1. The first kappa shape index (κ1) is 13.6. The van der Waals surface area contributed by atoms with Gasteiger partial charge in [-0.3, -0.25) is 0 Å². The molecule has 106 valence electrons. The molecule has 0 saturated carbocycles. The molecule has 1 aromatic heterocycles. The molecule has 5 heteroatoms. The van der Waals surface area contributed by atoms with E-state index in [1.165, 1.54) is 0 Å². The summed E-state index contributed by atoms with van der Waals surface area (Å²) in [6.07, 6.45) is 0. The van der Waals surface area contributed by atoms with E-state index in [-0.39, 0.29) is 5.88 Å². The van der Waals surface area contributed by atoms with Crippen molar-refractivity contribution in [2.45, 2.75) is 6.92 Å². The summed E-state index contributed by atoms with van der Waals surface area (Å²) in [5, 5.41) is 20.1. The molecule has 0 fully saturated rings. The van der Waals surface area contributed by atoms with E-state index in [1.54, 1.807) is 17.7 Å². The highest BCUT2D eigenvalue weighted by Gasteiger charge is 2.13. The number of aromatic nitrogens is 1. The van der Waals surface area contributed by atoms with Gasteiger partial charge in [-0.2, -0.15) is 5.11 Å². The minimum atomic E-state index is 0.0955. The molecule has 0 radical (unpaired) electrons. The molecule has 0 spiro atoms. The summed E-state index contributed by atoms with van der Waals surface area (Å²) in [5.41, 5.74) is 3.01. The minimum absolute atomic E-state index is 0.0955. The van der Waals surface area contributed by atoms with Crippen LogP contribution in [-0.4, -0.2) is 9.67 Å². The normalized spacial score (nSPS) is 11.6. The molecule has 0 aliphatic carbocycles. The predicted molar refractivity (Wildman–Crippen MR) is 84.9 cm³/mol. The molecule has 1 heterocycles. The Morgan fingerprint density at radius 1 is 1.10 bits per heavy atom. The van der Waals surface area contributed by atoms with E-state index in [0.717, 1.165) is 16.5 Å². The van der Waals surface area contributed by atoms with E-state index in [4.69, 9.17) is 11.6 Å². The van der Waals surface area contributed by atoms with Gasteiger partial charge in [0.15, 0.2) is 5.69 Å². The molecule has 0 atom stereocenters. The molecule has 0 bridgehead atoms. The largest absolute Gasteiger partial charge is 0.493 e. The molecular formula is C16H14ClN3O. The smallest absolute Gasteiger partial charge is 0.220 e. The quantitative estimate of drug-likeness (QED) is 0.645. The van der Waals surface area contributed by atoms with Crippen LogP contribution in [-0.2, 0) is 7.05 Å². The summed E-state index contributed by atoms with van der Waals surface area (Å²) in [6.45, 7) is 1.93. The Kier molecular flexibility index (Phi) is 3.39. The Hall–Kier alpha value is -2.33. The Labute approximate surface area is 127 Å². The highest BCUT2D eigenvalue weighted by molar-refractivity contribution is 6.31. The molecular weight excluding hydrogens is 286 g/mol. The lowest BCUT2D eigenvalue weighted by Gasteiger charge is -1.98. The Morgan fingerprint density at radius 2 is 1.86 bits per heavy atom. The van der Waals surface area contributed by atoms with E-state index in [0.29, 0.717) is 16.4 Å². The third-order valence-electron chi connectivity index (χ3n) is 3.47. The average Bonchev–Trinajstić information content (AvgIpc) is 2.73. The summed E-state index contributed by atoms with van der Waals surface area (Å²) >= 11 is 6.07. The van der Waals surface area contributed by atoms with Crippen LogP contribution in [0.15, 0.2) is 52.7 Å². The minimum Gasteiger partial charge on any atom is -0.493 e. The maximum atomic E-state index is 10.2. The lowest BCUT2D eigenvalue weighted by Crippen LogP contribution is -1.84. The summed E-state index contributed by atoms with van der Waals surface area (Å²) in [7, 11) is 1.79. The summed E-state index contributed by atoms with van der Waals surface area (Å²) in [6, 6.07) is 13.1. The van der Waals surface area contributed by atoms with Crippen molar-refractivity contribution in [3.05, 3.63) is 53.1 Å². The van der Waals surface area contributed by atoms with Crippen molar-refractivity contribution < 1.29 is 5.11 Å². The van der Waals surface area contributed by atoms with Gasteiger partial charge in [0.1, 0.15) is 0 Å². The van der Waals surface area contributed by atoms with Crippen LogP contribution >= 0.6 is 11.6 Å². The third kappa shape index (κ3) is 2.38. The van der Waals surface area contributed by atoms with E-state index in [9.17, 15) is 5.11 Å².